The Morgan fingerprint density at radius 2 is 2.36 bits per heavy atom. The number of fused-ring (bicyclic) bond motifs is 1. The highest BCUT2D eigenvalue weighted by Gasteiger charge is 2.06. The highest BCUT2D eigenvalue weighted by molar-refractivity contribution is 5.20. The minimum absolute atomic E-state index is 0.864. The van der Waals surface area contributed by atoms with Crippen LogP contribution in [0.3, 0.4) is 0 Å². The normalized spacial score (nSPS) is 17.1. The molecule has 0 amide bonds. The van der Waals surface area contributed by atoms with Gasteiger partial charge in [0.2, 0.25) is 0 Å². The van der Waals surface area contributed by atoms with E-state index in [1.165, 1.54) is 11.3 Å². The molecule has 0 fully saturated rings. The summed E-state index contributed by atoms with van der Waals surface area (Å²) in [5.74, 6) is 0. The predicted molar refractivity (Wildman–Crippen MR) is 43.3 cm³/mol. The van der Waals surface area contributed by atoms with E-state index in [4.69, 9.17) is 0 Å². The van der Waals surface area contributed by atoms with Gasteiger partial charge in [-0.2, -0.15) is 0 Å². The molecule has 0 N–H and O–H groups in total. The number of rotatable bonds is 0. The Morgan fingerprint density at radius 3 is 3.36 bits per heavy atom. The molecule has 1 aromatic rings. The quantitative estimate of drug-likeness (QED) is 0.540. The average Bonchev–Trinajstić information content (AvgIpc) is 2.28. The van der Waals surface area contributed by atoms with Crippen LogP contribution in [-0.2, 0) is 13.0 Å². The Kier molecular flexibility index (Phi) is 1.86. The first kappa shape index (κ1) is 6.80. The fourth-order valence-corrected chi connectivity index (χ4v) is 1.40. The van der Waals surface area contributed by atoms with E-state index in [0.29, 0.717) is 0 Å². The van der Waals surface area contributed by atoms with E-state index in [2.05, 4.69) is 16.4 Å². The van der Waals surface area contributed by atoms with Crippen molar-refractivity contribution in [3.63, 3.8) is 0 Å². The molecule has 0 saturated carbocycles. The number of hydrogen-bond donors (Lipinski definition) is 0. The zero-order valence-corrected chi connectivity index (χ0v) is 6.45. The molecule has 0 aromatic carbocycles. The number of hydrogen-bond acceptors (Lipinski definition) is 1. The lowest BCUT2D eigenvalue weighted by Gasteiger charge is -2.00. The van der Waals surface area contributed by atoms with Gasteiger partial charge in [0.15, 0.2) is 0 Å². The van der Waals surface area contributed by atoms with Crippen LogP contribution in [0.5, 0.6) is 0 Å². The maximum atomic E-state index is 4.37. The van der Waals surface area contributed by atoms with Crippen molar-refractivity contribution in [1.29, 1.82) is 0 Å². The monoisotopic (exact) mass is 147 g/mol. The first-order valence-electron chi connectivity index (χ1n) is 4.03. The van der Waals surface area contributed by atoms with Gasteiger partial charge in [-0.25, -0.2) is 5.32 Å². The minimum Gasteiger partial charge on any atom is -0.261 e. The third-order valence-corrected chi connectivity index (χ3v) is 2.00. The molecule has 0 spiro atoms. The maximum absolute atomic E-state index is 4.37. The number of nitrogens with zero attached hydrogens (tertiary/aromatic N) is 2. The second kappa shape index (κ2) is 3.01. The second-order valence-corrected chi connectivity index (χ2v) is 2.82. The molecule has 1 radical (unpaired) electrons. The lowest BCUT2D eigenvalue weighted by Crippen LogP contribution is -2.02. The predicted octanol–water partition coefficient (Wildman–Crippen LogP) is 1.13. The molecule has 0 saturated heterocycles. The Labute approximate surface area is 66.7 Å². The summed E-state index contributed by atoms with van der Waals surface area (Å²) < 4.78 is 0. The number of pyridine rings is 1. The highest BCUT2D eigenvalue weighted by Crippen LogP contribution is 2.10. The smallest absolute Gasteiger partial charge is 0.0449 e. The van der Waals surface area contributed by atoms with Crippen LogP contribution in [0.25, 0.3) is 0 Å². The van der Waals surface area contributed by atoms with Crippen molar-refractivity contribution >= 4 is 0 Å². The summed E-state index contributed by atoms with van der Waals surface area (Å²) in [6.45, 7) is 1.86. The van der Waals surface area contributed by atoms with E-state index in [-0.39, 0.29) is 0 Å². The van der Waals surface area contributed by atoms with Crippen molar-refractivity contribution < 1.29 is 0 Å². The molecule has 2 rings (SSSR count). The van der Waals surface area contributed by atoms with Crippen LogP contribution in [0.1, 0.15) is 17.7 Å². The van der Waals surface area contributed by atoms with E-state index in [1.54, 1.807) is 0 Å². The van der Waals surface area contributed by atoms with Gasteiger partial charge in [-0.05, 0) is 24.5 Å². The molecule has 0 atom stereocenters. The van der Waals surface area contributed by atoms with Crippen molar-refractivity contribution in [2.75, 3.05) is 6.54 Å². The number of aromatic nitrogens is 1. The van der Waals surface area contributed by atoms with Gasteiger partial charge in [-0.1, -0.05) is 6.07 Å². The van der Waals surface area contributed by atoms with Crippen LogP contribution >= 0.6 is 0 Å². The van der Waals surface area contributed by atoms with Gasteiger partial charge in [-0.3, -0.25) is 4.98 Å². The van der Waals surface area contributed by atoms with Gasteiger partial charge in [-0.15, -0.1) is 0 Å². The van der Waals surface area contributed by atoms with Crippen molar-refractivity contribution in [1.82, 2.24) is 10.3 Å². The van der Waals surface area contributed by atoms with E-state index < -0.39 is 0 Å². The van der Waals surface area contributed by atoms with Gasteiger partial charge in [0.1, 0.15) is 0 Å². The molecule has 2 heteroatoms. The summed E-state index contributed by atoms with van der Waals surface area (Å²) in [6.07, 6.45) is 4.12. The molecule has 1 aromatic heterocycles. The first-order valence-corrected chi connectivity index (χ1v) is 4.03. The SMILES string of the molecule is c1cnc2c(c1)C[N]CCC2. The summed E-state index contributed by atoms with van der Waals surface area (Å²) in [4.78, 5) is 4.32. The standard InChI is InChI=1S/C9H11N2/c1-3-8-7-10-5-2-4-9(8)11-6-1/h1,3,6H,2,4-5,7H2. The minimum atomic E-state index is 0.864. The molecular formula is C9H11N2. The van der Waals surface area contributed by atoms with Gasteiger partial charge in [0.25, 0.3) is 0 Å². The molecule has 0 bridgehead atoms. The van der Waals surface area contributed by atoms with E-state index in [0.717, 1.165) is 25.9 Å². The number of aryl methyl sites for hydroxylation is 1. The van der Waals surface area contributed by atoms with Crippen molar-refractivity contribution in [3.8, 4) is 0 Å². The third-order valence-electron chi connectivity index (χ3n) is 2.00. The van der Waals surface area contributed by atoms with Crippen molar-refractivity contribution in [3.05, 3.63) is 29.6 Å². The summed E-state index contributed by atoms with van der Waals surface area (Å²) >= 11 is 0. The molecule has 0 aliphatic carbocycles. The Hall–Kier alpha value is -0.890. The molecule has 1 aliphatic rings. The van der Waals surface area contributed by atoms with Gasteiger partial charge in [0, 0.05) is 25.0 Å². The van der Waals surface area contributed by atoms with E-state index >= 15 is 0 Å². The van der Waals surface area contributed by atoms with Crippen LogP contribution in [0.15, 0.2) is 18.3 Å². The van der Waals surface area contributed by atoms with Crippen molar-refractivity contribution in [2.24, 2.45) is 0 Å². The van der Waals surface area contributed by atoms with Crippen LogP contribution in [0, 0.1) is 0 Å². The summed E-state index contributed by atoms with van der Waals surface area (Å²) in [6, 6.07) is 4.11. The van der Waals surface area contributed by atoms with Gasteiger partial charge in [0.05, 0.1) is 0 Å². The summed E-state index contributed by atoms with van der Waals surface area (Å²) in [5, 5.41) is 4.37. The first-order chi connectivity index (χ1) is 5.47. The molecular weight excluding hydrogens is 136 g/mol. The van der Waals surface area contributed by atoms with Crippen molar-refractivity contribution in [2.45, 2.75) is 19.4 Å². The largest absolute Gasteiger partial charge is 0.261 e. The zero-order chi connectivity index (χ0) is 7.52. The molecule has 1 aliphatic heterocycles. The van der Waals surface area contributed by atoms with Crippen LogP contribution in [0.4, 0.5) is 0 Å². The topological polar surface area (TPSA) is 27.0 Å². The molecule has 0 unspecified atom stereocenters. The van der Waals surface area contributed by atoms with Crippen LogP contribution in [-0.4, -0.2) is 11.5 Å². The average molecular weight is 147 g/mol. The van der Waals surface area contributed by atoms with Gasteiger partial charge < -0.3 is 0 Å². The van der Waals surface area contributed by atoms with E-state index in [9.17, 15) is 0 Å². The Balaban J connectivity index is 2.33. The Morgan fingerprint density at radius 1 is 1.36 bits per heavy atom. The Bertz CT molecular complexity index is 220. The molecule has 2 nitrogen and oxygen atoms in total. The summed E-state index contributed by atoms with van der Waals surface area (Å²) in [7, 11) is 0. The summed E-state index contributed by atoms with van der Waals surface area (Å²) in [5.41, 5.74) is 2.55. The van der Waals surface area contributed by atoms with Gasteiger partial charge >= 0.3 is 0 Å². The fourth-order valence-electron chi connectivity index (χ4n) is 1.40. The maximum Gasteiger partial charge on any atom is 0.0449 e. The fraction of sp³-hybridized carbons (Fsp3) is 0.444. The highest BCUT2D eigenvalue weighted by atomic mass is 14.9. The third kappa shape index (κ3) is 1.40. The lowest BCUT2D eigenvalue weighted by atomic mass is 10.1. The van der Waals surface area contributed by atoms with E-state index in [1.807, 2.05) is 12.3 Å². The molecule has 11 heavy (non-hydrogen) atoms. The van der Waals surface area contributed by atoms with Crippen LogP contribution < -0.4 is 5.32 Å². The zero-order valence-electron chi connectivity index (χ0n) is 6.45. The molecule has 2 heterocycles. The van der Waals surface area contributed by atoms with Crippen LogP contribution in [0.2, 0.25) is 0 Å². The second-order valence-electron chi connectivity index (χ2n) is 2.82. The lowest BCUT2D eigenvalue weighted by molar-refractivity contribution is 0.666. The molecule has 57 valence electrons.